The molecule has 0 radical (unpaired) electrons. The predicted molar refractivity (Wildman–Crippen MR) is 129 cm³/mol. The molecular formula is C24H25F9N4O6. The van der Waals surface area contributed by atoms with Gasteiger partial charge in [0.05, 0.1) is 5.69 Å². The summed E-state index contributed by atoms with van der Waals surface area (Å²) in [6, 6.07) is 13.8. The lowest BCUT2D eigenvalue weighted by molar-refractivity contribution is -0.193. The van der Waals surface area contributed by atoms with Gasteiger partial charge in [0.2, 0.25) is 0 Å². The summed E-state index contributed by atoms with van der Waals surface area (Å²) < 4.78 is 95.2. The van der Waals surface area contributed by atoms with E-state index in [2.05, 4.69) is 52.0 Å². The first-order chi connectivity index (χ1) is 19.6. The van der Waals surface area contributed by atoms with Crippen LogP contribution in [0.3, 0.4) is 0 Å². The van der Waals surface area contributed by atoms with E-state index in [-0.39, 0.29) is 0 Å². The Hall–Kier alpha value is -4.16. The number of fused-ring (bicyclic) bond motifs is 1. The Kier molecular flexibility index (Phi) is 13.2. The molecule has 0 saturated carbocycles. The van der Waals surface area contributed by atoms with E-state index in [9.17, 15) is 39.5 Å². The van der Waals surface area contributed by atoms with Crippen molar-refractivity contribution in [1.29, 1.82) is 0 Å². The third-order valence-electron chi connectivity index (χ3n) is 5.68. The van der Waals surface area contributed by atoms with E-state index in [0.717, 1.165) is 31.1 Å². The van der Waals surface area contributed by atoms with Crippen molar-refractivity contribution in [3.63, 3.8) is 0 Å². The van der Waals surface area contributed by atoms with Gasteiger partial charge in [-0.05, 0) is 44.0 Å². The number of hydrogen-bond acceptors (Lipinski definition) is 7. The molecule has 2 aromatic rings. The number of aromatic nitrogens is 2. The highest BCUT2D eigenvalue weighted by Gasteiger charge is 2.43. The van der Waals surface area contributed by atoms with Gasteiger partial charge in [0.1, 0.15) is 5.82 Å². The molecule has 2 unspecified atom stereocenters. The Balaban J connectivity index is 0.000000363. The summed E-state index contributed by atoms with van der Waals surface area (Å²) in [5.74, 6) is -7.13. The Morgan fingerprint density at radius 3 is 1.67 bits per heavy atom. The van der Waals surface area contributed by atoms with Crippen LogP contribution in [0, 0.1) is 6.92 Å². The van der Waals surface area contributed by atoms with Gasteiger partial charge < -0.3 is 20.2 Å². The van der Waals surface area contributed by atoms with Crippen LogP contribution < -0.4 is 4.90 Å². The second kappa shape index (κ2) is 15.4. The molecule has 2 atom stereocenters. The predicted octanol–water partition coefficient (Wildman–Crippen LogP) is 4.54. The smallest absolute Gasteiger partial charge is 0.475 e. The van der Waals surface area contributed by atoms with Crippen LogP contribution in [0.4, 0.5) is 45.3 Å². The topological polar surface area (TPSA) is 144 Å². The summed E-state index contributed by atoms with van der Waals surface area (Å²) in [5, 5.41) is 21.4. The number of carboxylic acid groups (broad SMARTS) is 3. The number of pyridine rings is 2. The fourth-order valence-corrected chi connectivity index (χ4v) is 3.94. The lowest BCUT2D eigenvalue weighted by Crippen LogP contribution is -2.36. The molecule has 0 spiro atoms. The van der Waals surface area contributed by atoms with Crippen molar-refractivity contribution in [3.05, 3.63) is 54.0 Å². The van der Waals surface area contributed by atoms with Gasteiger partial charge in [0, 0.05) is 43.6 Å². The largest absolute Gasteiger partial charge is 0.490 e. The first-order valence-electron chi connectivity index (χ1n) is 11.9. The van der Waals surface area contributed by atoms with Crippen molar-refractivity contribution in [2.24, 2.45) is 0 Å². The zero-order chi connectivity index (χ0) is 33.2. The molecule has 10 nitrogen and oxygen atoms in total. The van der Waals surface area contributed by atoms with Gasteiger partial charge in [0.25, 0.3) is 0 Å². The molecule has 2 aliphatic rings. The maximum absolute atomic E-state index is 10.6. The van der Waals surface area contributed by atoms with Gasteiger partial charge in [-0.1, -0.05) is 12.1 Å². The minimum absolute atomic E-state index is 0.609. The molecule has 2 aliphatic heterocycles. The molecule has 2 fully saturated rings. The molecular weight excluding hydrogens is 611 g/mol. The highest BCUT2D eigenvalue weighted by atomic mass is 19.4. The third-order valence-corrected chi connectivity index (χ3v) is 5.68. The van der Waals surface area contributed by atoms with Crippen LogP contribution in [-0.2, 0) is 20.9 Å². The van der Waals surface area contributed by atoms with E-state index in [0.29, 0.717) is 12.1 Å². The third kappa shape index (κ3) is 12.7. The molecule has 43 heavy (non-hydrogen) atoms. The molecule has 2 aromatic heterocycles. The van der Waals surface area contributed by atoms with E-state index < -0.39 is 36.4 Å². The number of likely N-dealkylation sites (tertiary alicyclic amines) is 1. The number of rotatable bonds is 3. The molecule has 3 N–H and O–H groups in total. The molecule has 0 aromatic carbocycles. The highest BCUT2D eigenvalue weighted by Crippen LogP contribution is 2.35. The number of alkyl halides is 9. The Bertz CT molecular complexity index is 1150. The summed E-state index contributed by atoms with van der Waals surface area (Å²) in [4.78, 5) is 41.0. The number of aryl methyl sites for hydroxylation is 1. The average molecular weight is 636 g/mol. The highest BCUT2D eigenvalue weighted by molar-refractivity contribution is 5.73. The molecule has 2 saturated heterocycles. The van der Waals surface area contributed by atoms with Gasteiger partial charge in [-0.25, -0.2) is 19.4 Å². The van der Waals surface area contributed by atoms with Crippen molar-refractivity contribution >= 4 is 23.7 Å². The standard InChI is InChI=1S/C18H22N4.3C2HF3O2/c1-14-5-4-7-18(20-14)22-12-9-16-17(22)8-11-21(16)13-15-6-2-3-10-19-15;3*3-2(4,5)1(6)7/h2-7,10,16-17H,8-9,11-13H2,1H3;3*(H,6,7). The van der Waals surface area contributed by atoms with Crippen molar-refractivity contribution in [2.75, 3.05) is 18.0 Å². The second-order valence-corrected chi connectivity index (χ2v) is 8.74. The number of carboxylic acids is 3. The van der Waals surface area contributed by atoms with Gasteiger partial charge in [-0.2, -0.15) is 39.5 Å². The minimum Gasteiger partial charge on any atom is -0.475 e. The summed E-state index contributed by atoms with van der Waals surface area (Å²) in [6.07, 6.45) is -10.9. The summed E-state index contributed by atoms with van der Waals surface area (Å²) in [7, 11) is 0. The fourth-order valence-electron chi connectivity index (χ4n) is 3.94. The Morgan fingerprint density at radius 1 is 0.767 bits per heavy atom. The second-order valence-electron chi connectivity index (χ2n) is 8.74. The van der Waals surface area contributed by atoms with E-state index in [4.69, 9.17) is 34.7 Å². The molecule has 0 amide bonds. The quantitative estimate of drug-likeness (QED) is 0.411. The van der Waals surface area contributed by atoms with E-state index in [1.54, 1.807) is 0 Å². The number of halogens is 9. The van der Waals surface area contributed by atoms with Crippen LogP contribution in [0.1, 0.15) is 24.2 Å². The average Bonchev–Trinajstić information content (AvgIpc) is 3.47. The Labute approximate surface area is 237 Å². The lowest BCUT2D eigenvalue weighted by Gasteiger charge is -2.26. The number of hydrogen-bond donors (Lipinski definition) is 3. The summed E-state index contributed by atoms with van der Waals surface area (Å²) in [6.45, 7) is 5.31. The molecule has 4 heterocycles. The Morgan fingerprint density at radius 2 is 1.26 bits per heavy atom. The van der Waals surface area contributed by atoms with Crippen LogP contribution in [0.25, 0.3) is 0 Å². The molecule has 240 valence electrons. The molecule has 19 heteroatoms. The van der Waals surface area contributed by atoms with E-state index >= 15 is 0 Å². The molecule has 4 rings (SSSR count). The van der Waals surface area contributed by atoms with Gasteiger partial charge in [-0.15, -0.1) is 0 Å². The molecule has 0 bridgehead atoms. The number of anilines is 1. The van der Waals surface area contributed by atoms with Gasteiger partial charge >= 0.3 is 36.4 Å². The maximum atomic E-state index is 10.6. The number of nitrogens with zero attached hydrogens (tertiary/aromatic N) is 4. The zero-order valence-electron chi connectivity index (χ0n) is 22.0. The van der Waals surface area contributed by atoms with Crippen LogP contribution in [0.15, 0.2) is 42.6 Å². The zero-order valence-corrected chi connectivity index (χ0v) is 22.0. The van der Waals surface area contributed by atoms with Crippen LogP contribution in [0.2, 0.25) is 0 Å². The first kappa shape index (κ1) is 36.9. The molecule has 0 aliphatic carbocycles. The van der Waals surface area contributed by atoms with E-state index in [1.165, 1.54) is 18.5 Å². The maximum Gasteiger partial charge on any atom is 0.490 e. The normalized spacial score (nSPS) is 18.1. The summed E-state index contributed by atoms with van der Waals surface area (Å²) >= 11 is 0. The van der Waals surface area contributed by atoms with Crippen molar-refractivity contribution in [2.45, 2.75) is 56.9 Å². The minimum atomic E-state index is -5.08. The van der Waals surface area contributed by atoms with Gasteiger partial charge in [-0.3, -0.25) is 9.88 Å². The van der Waals surface area contributed by atoms with Crippen molar-refractivity contribution < 1.29 is 69.2 Å². The monoisotopic (exact) mass is 636 g/mol. The lowest BCUT2D eigenvalue weighted by atomic mass is 10.1. The SMILES string of the molecule is Cc1cccc(N2CCC3C2CCN3Cc2ccccn2)n1.O=C(O)C(F)(F)F.O=C(O)C(F)(F)F.O=C(O)C(F)(F)F. The first-order valence-corrected chi connectivity index (χ1v) is 11.9. The van der Waals surface area contributed by atoms with E-state index in [1.807, 2.05) is 12.3 Å². The number of carbonyl (C=O) groups is 3. The summed E-state index contributed by atoms with van der Waals surface area (Å²) in [5.41, 5.74) is 2.28. The van der Waals surface area contributed by atoms with Crippen LogP contribution >= 0.6 is 0 Å². The van der Waals surface area contributed by atoms with Crippen LogP contribution in [-0.4, -0.2) is 91.8 Å². The van der Waals surface area contributed by atoms with Crippen molar-refractivity contribution in [1.82, 2.24) is 14.9 Å². The van der Waals surface area contributed by atoms with Crippen LogP contribution in [0.5, 0.6) is 0 Å². The fraction of sp³-hybridized carbons (Fsp3) is 0.458. The van der Waals surface area contributed by atoms with Crippen molar-refractivity contribution in [3.8, 4) is 0 Å². The van der Waals surface area contributed by atoms with Gasteiger partial charge in [0.15, 0.2) is 0 Å². The number of aliphatic carboxylic acids is 3.